The quantitative estimate of drug-likeness (QED) is 0.720. The molecule has 0 aliphatic carbocycles. The molecule has 2 fully saturated rings. The van der Waals surface area contributed by atoms with Crippen molar-refractivity contribution < 1.29 is 9.59 Å². The third-order valence-electron chi connectivity index (χ3n) is 7.13. The first kappa shape index (κ1) is 22.3. The highest BCUT2D eigenvalue weighted by atomic mass is 16.2. The molecule has 0 N–H and O–H groups in total. The van der Waals surface area contributed by atoms with Gasteiger partial charge in [0.05, 0.1) is 11.5 Å². The summed E-state index contributed by atoms with van der Waals surface area (Å²) >= 11 is 0. The summed E-state index contributed by atoms with van der Waals surface area (Å²) in [4.78, 5) is 36.6. The Kier molecular flexibility index (Phi) is 6.49. The number of hydrogen-bond acceptors (Lipinski definition) is 4. The Labute approximate surface area is 191 Å². The van der Waals surface area contributed by atoms with Gasteiger partial charge in [0.15, 0.2) is 0 Å². The van der Waals surface area contributed by atoms with Crippen LogP contribution in [-0.4, -0.2) is 60.3 Å². The average molecular weight is 435 g/mol. The number of anilines is 1. The maximum Gasteiger partial charge on any atom is 0.229 e. The number of pyridine rings is 1. The van der Waals surface area contributed by atoms with Gasteiger partial charge in [-0.1, -0.05) is 30.3 Å². The molecule has 1 aromatic heterocycles. The van der Waals surface area contributed by atoms with Gasteiger partial charge in [-0.05, 0) is 55.4 Å². The van der Waals surface area contributed by atoms with Crippen molar-refractivity contribution in [1.82, 2.24) is 14.8 Å². The van der Waals surface area contributed by atoms with E-state index in [1.54, 1.807) is 6.92 Å². The molecule has 0 radical (unpaired) electrons. The Hall–Kier alpha value is -2.89. The largest absolute Gasteiger partial charge is 0.363 e. The Bertz CT molecular complexity index is 951. The van der Waals surface area contributed by atoms with Gasteiger partial charge < -0.3 is 14.7 Å². The van der Waals surface area contributed by atoms with Gasteiger partial charge in [-0.2, -0.15) is 0 Å². The van der Waals surface area contributed by atoms with Crippen LogP contribution >= 0.6 is 0 Å². The molecule has 6 nitrogen and oxygen atoms in total. The summed E-state index contributed by atoms with van der Waals surface area (Å²) in [6.07, 6.45) is 5.98. The number of carbonyl (C=O) groups is 2. The Morgan fingerprint density at radius 2 is 1.81 bits per heavy atom. The van der Waals surface area contributed by atoms with Crippen LogP contribution in [0.2, 0.25) is 0 Å². The lowest BCUT2D eigenvalue weighted by Crippen LogP contribution is -2.52. The third kappa shape index (κ3) is 4.50. The zero-order valence-electron chi connectivity index (χ0n) is 19.5. The van der Waals surface area contributed by atoms with E-state index in [-0.39, 0.29) is 17.9 Å². The number of rotatable bonds is 5. The molecule has 170 valence electrons. The van der Waals surface area contributed by atoms with E-state index in [4.69, 9.17) is 0 Å². The van der Waals surface area contributed by atoms with E-state index in [0.717, 1.165) is 37.2 Å². The van der Waals surface area contributed by atoms with Crippen LogP contribution in [0.1, 0.15) is 49.8 Å². The SMILES string of the molecule is CC(=O)N1CCC(Cc2ccccc2)(C(=O)N2CCCC2c2ccnc(N(C)C)c2)CC1. The van der Waals surface area contributed by atoms with Gasteiger partial charge in [0.25, 0.3) is 0 Å². The van der Waals surface area contributed by atoms with Crippen molar-refractivity contribution in [3.8, 4) is 0 Å². The number of benzene rings is 1. The zero-order valence-corrected chi connectivity index (χ0v) is 19.5. The second-order valence-electron chi connectivity index (χ2n) is 9.45. The molecule has 6 heteroatoms. The Morgan fingerprint density at radius 1 is 1.09 bits per heavy atom. The predicted octanol–water partition coefficient (Wildman–Crippen LogP) is 3.68. The molecule has 2 aliphatic heterocycles. The fraction of sp³-hybridized carbons (Fsp3) is 0.500. The first-order valence-electron chi connectivity index (χ1n) is 11.6. The normalized spacial score (nSPS) is 20.3. The highest BCUT2D eigenvalue weighted by molar-refractivity contribution is 5.84. The van der Waals surface area contributed by atoms with Gasteiger partial charge in [0.2, 0.25) is 11.8 Å². The number of piperidine rings is 1. The average Bonchev–Trinajstić information content (AvgIpc) is 3.29. The van der Waals surface area contributed by atoms with Crippen LogP contribution in [0.25, 0.3) is 0 Å². The molecule has 2 aromatic rings. The number of nitrogens with zero attached hydrogens (tertiary/aromatic N) is 4. The van der Waals surface area contributed by atoms with Crippen LogP contribution < -0.4 is 4.90 Å². The lowest BCUT2D eigenvalue weighted by Gasteiger charge is -2.43. The topological polar surface area (TPSA) is 56.8 Å². The maximum absolute atomic E-state index is 14.2. The summed E-state index contributed by atoms with van der Waals surface area (Å²) in [7, 11) is 3.97. The van der Waals surface area contributed by atoms with Crippen LogP contribution in [0.15, 0.2) is 48.7 Å². The molecule has 0 saturated carbocycles. The highest BCUT2D eigenvalue weighted by Crippen LogP contribution is 2.42. The summed E-state index contributed by atoms with van der Waals surface area (Å²) in [5.41, 5.74) is 1.88. The maximum atomic E-state index is 14.2. The summed E-state index contributed by atoms with van der Waals surface area (Å²) in [5.74, 6) is 1.25. The van der Waals surface area contributed by atoms with Gasteiger partial charge in [0, 0.05) is 46.9 Å². The molecule has 4 rings (SSSR count). The molecule has 0 spiro atoms. The van der Waals surface area contributed by atoms with Crippen molar-refractivity contribution in [3.05, 3.63) is 59.8 Å². The standard InChI is InChI=1S/C26H34N4O2/c1-20(31)29-16-12-26(13-17-29,19-21-8-5-4-6-9-21)25(32)30-15-7-10-23(30)22-11-14-27-24(18-22)28(2)3/h4-6,8-9,11,14,18,23H,7,10,12-13,15-17,19H2,1-3H3. The molecular weight excluding hydrogens is 400 g/mol. The van der Waals surface area contributed by atoms with Crippen molar-refractivity contribution in [2.24, 2.45) is 5.41 Å². The van der Waals surface area contributed by atoms with Crippen LogP contribution in [0, 0.1) is 5.41 Å². The molecule has 1 unspecified atom stereocenters. The molecule has 1 atom stereocenters. The van der Waals surface area contributed by atoms with E-state index in [9.17, 15) is 9.59 Å². The van der Waals surface area contributed by atoms with Crippen molar-refractivity contribution in [3.63, 3.8) is 0 Å². The van der Waals surface area contributed by atoms with Gasteiger partial charge in [-0.3, -0.25) is 9.59 Å². The summed E-state index contributed by atoms with van der Waals surface area (Å²) in [5, 5.41) is 0. The summed E-state index contributed by atoms with van der Waals surface area (Å²) in [6.45, 7) is 3.70. The van der Waals surface area contributed by atoms with Crippen LogP contribution in [0.3, 0.4) is 0 Å². The predicted molar refractivity (Wildman–Crippen MR) is 126 cm³/mol. The lowest BCUT2D eigenvalue weighted by molar-refractivity contribution is -0.149. The number of likely N-dealkylation sites (tertiary alicyclic amines) is 2. The molecule has 32 heavy (non-hydrogen) atoms. The van der Waals surface area contributed by atoms with Gasteiger partial charge in [-0.15, -0.1) is 0 Å². The minimum Gasteiger partial charge on any atom is -0.363 e. The van der Waals surface area contributed by atoms with Crippen molar-refractivity contribution in [2.45, 2.75) is 45.1 Å². The first-order chi connectivity index (χ1) is 15.4. The van der Waals surface area contributed by atoms with Crippen molar-refractivity contribution in [1.29, 1.82) is 0 Å². The number of amides is 2. The zero-order chi connectivity index (χ0) is 22.7. The fourth-order valence-corrected chi connectivity index (χ4v) is 5.25. The molecule has 2 saturated heterocycles. The van der Waals surface area contributed by atoms with Crippen molar-refractivity contribution in [2.75, 3.05) is 38.6 Å². The minimum atomic E-state index is -0.465. The number of hydrogen-bond donors (Lipinski definition) is 0. The van der Waals surface area contributed by atoms with Gasteiger partial charge >= 0.3 is 0 Å². The Morgan fingerprint density at radius 3 is 2.47 bits per heavy atom. The highest BCUT2D eigenvalue weighted by Gasteiger charge is 2.46. The van der Waals surface area contributed by atoms with E-state index in [1.807, 2.05) is 54.4 Å². The second kappa shape index (κ2) is 9.31. The second-order valence-corrected chi connectivity index (χ2v) is 9.45. The van der Waals surface area contributed by atoms with Crippen LogP contribution in [0.4, 0.5) is 5.82 Å². The molecule has 1 aromatic carbocycles. The van der Waals surface area contributed by atoms with Crippen molar-refractivity contribution >= 4 is 17.6 Å². The number of aromatic nitrogens is 1. The summed E-state index contributed by atoms with van der Waals surface area (Å²) < 4.78 is 0. The Balaban J connectivity index is 1.62. The molecule has 2 aliphatic rings. The molecular formula is C26H34N4O2. The van der Waals surface area contributed by atoms with E-state index >= 15 is 0 Å². The first-order valence-corrected chi connectivity index (χ1v) is 11.6. The van der Waals surface area contributed by atoms with Crippen LogP contribution in [-0.2, 0) is 16.0 Å². The minimum absolute atomic E-state index is 0.0858. The lowest BCUT2D eigenvalue weighted by atomic mass is 9.72. The van der Waals surface area contributed by atoms with Crippen LogP contribution in [0.5, 0.6) is 0 Å². The van der Waals surface area contributed by atoms with Gasteiger partial charge in [0.1, 0.15) is 5.82 Å². The fourth-order valence-electron chi connectivity index (χ4n) is 5.25. The van der Waals surface area contributed by atoms with E-state index < -0.39 is 5.41 Å². The van der Waals surface area contributed by atoms with E-state index in [0.29, 0.717) is 25.9 Å². The third-order valence-corrected chi connectivity index (χ3v) is 7.13. The molecule has 2 amide bonds. The molecule has 3 heterocycles. The van der Waals surface area contributed by atoms with Gasteiger partial charge in [-0.25, -0.2) is 4.98 Å². The summed E-state index contributed by atoms with van der Waals surface area (Å²) in [6, 6.07) is 14.6. The smallest absolute Gasteiger partial charge is 0.229 e. The van der Waals surface area contributed by atoms with E-state index in [2.05, 4.69) is 28.1 Å². The van der Waals surface area contributed by atoms with E-state index in [1.165, 1.54) is 5.56 Å². The monoisotopic (exact) mass is 434 g/mol. The number of carbonyl (C=O) groups excluding carboxylic acids is 2. The molecule has 0 bridgehead atoms.